The molecule has 1 aliphatic rings. The van der Waals surface area contributed by atoms with Gasteiger partial charge in [0.2, 0.25) is 0 Å². The van der Waals surface area contributed by atoms with Crippen LogP contribution < -0.4 is 5.73 Å². The molecule has 2 rings (SSSR count). The number of nitrogens with zero attached hydrogens (tertiary/aromatic N) is 3. The van der Waals surface area contributed by atoms with Crippen LogP contribution in [0.1, 0.15) is 44.3 Å². The highest BCUT2D eigenvalue weighted by Crippen LogP contribution is 2.28. The summed E-state index contributed by atoms with van der Waals surface area (Å²) in [6.45, 7) is 4.55. The monoisotopic (exact) mass is 266 g/mol. The summed E-state index contributed by atoms with van der Waals surface area (Å²) in [6, 6.07) is 2.73. The summed E-state index contributed by atoms with van der Waals surface area (Å²) in [7, 11) is 0. The van der Waals surface area contributed by atoms with E-state index in [0.29, 0.717) is 17.6 Å². The molecule has 1 aromatic heterocycles. The van der Waals surface area contributed by atoms with Gasteiger partial charge in [-0.25, -0.2) is 0 Å². The summed E-state index contributed by atoms with van der Waals surface area (Å²) in [5.41, 5.74) is 6.70. The lowest BCUT2D eigenvalue weighted by Gasteiger charge is -2.18. The molecule has 100 valence electrons. The molecule has 0 amide bonds. The van der Waals surface area contributed by atoms with Gasteiger partial charge in [-0.05, 0) is 25.5 Å². The van der Waals surface area contributed by atoms with E-state index in [1.54, 1.807) is 0 Å². The van der Waals surface area contributed by atoms with Gasteiger partial charge < -0.3 is 5.73 Å². The maximum absolute atomic E-state index is 5.59. The standard InChI is InChI=1S/C13H22N4S/c1-2-16(10-13(14)18)9-11-7-8-17(15-11)12-5-3-4-6-12/h7-8,12H,2-6,9-10H2,1H3,(H2,14,18). The van der Waals surface area contributed by atoms with Crippen LogP contribution in [0.25, 0.3) is 0 Å². The Morgan fingerprint density at radius 2 is 2.28 bits per heavy atom. The van der Waals surface area contributed by atoms with Gasteiger partial charge >= 0.3 is 0 Å². The van der Waals surface area contributed by atoms with Crippen molar-refractivity contribution in [3.63, 3.8) is 0 Å². The van der Waals surface area contributed by atoms with Crippen molar-refractivity contribution >= 4 is 17.2 Å². The van der Waals surface area contributed by atoms with E-state index in [9.17, 15) is 0 Å². The summed E-state index contributed by atoms with van der Waals surface area (Å²) in [6.07, 6.45) is 7.32. The van der Waals surface area contributed by atoms with Crippen LogP contribution in [0.2, 0.25) is 0 Å². The van der Waals surface area contributed by atoms with Crippen molar-refractivity contribution in [1.29, 1.82) is 0 Å². The molecule has 0 aromatic carbocycles. The maximum Gasteiger partial charge on any atom is 0.0870 e. The lowest BCUT2D eigenvalue weighted by atomic mass is 10.3. The van der Waals surface area contributed by atoms with Crippen molar-refractivity contribution in [3.05, 3.63) is 18.0 Å². The second-order valence-electron chi connectivity index (χ2n) is 4.99. The Bertz CT molecular complexity index is 395. The zero-order valence-corrected chi connectivity index (χ0v) is 11.8. The van der Waals surface area contributed by atoms with E-state index in [1.165, 1.54) is 25.7 Å². The highest BCUT2D eigenvalue weighted by molar-refractivity contribution is 7.80. The van der Waals surface area contributed by atoms with Crippen molar-refractivity contribution in [2.45, 2.75) is 45.2 Å². The number of likely N-dealkylation sites (N-methyl/N-ethyl adjacent to an activating group) is 1. The van der Waals surface area contributed by atoms with Crippen molar-refractivity contribution < 1.29 is 0 Å². The molecular formula is C13H22N4S. The van der Waals surface area contributed by atoms with Gasteiger partial charge in [0, 0.05) is 19.3 Å². The van der Waals surface area contributed by atoms with Gasteiger partial charge in [0.15, 0.2) is 0 Å². The van der Waals surface area contributed by atoms with Crippen molar-refractivity contribution in [2.24, 2.45) is 5.73 Å². The molecule has 0 aliphatic heterocycles. The normalized spacial score (nSPS) is 16.6. The Hall–Kier alpha value is -0.940. The third-order valence-corrected chi connectivity index (χ3v) is 3.70. The SMILES string of the molecule is CCN(CC(N)=S)Cc1ccn(C2CCCC2)n1. The number of rotatable bonds is 6. The molecule has 0 bridgehead atoms. The Labute approximate surface area is 114 Å². The molecule has 1 heterocycles. The fourth-order valence-corrected chi connectivity index (χ4v) is 2.75. The van der Waals surface area contributed by atoms with Crippen LogP contribution in [-0.2, 0) is 6.54 Å². The molecule has 0 spiro atoms. The molecule has 0 atom stereocenters. The maximum atomic E-state index is 5.59. The summed E-state index contributed by atoms with van der Waals surface area (Å²) in [5, 5.41) is 4.68. The largest absolute Gasteiger partial charge is 0.392 e. The van der Waals surface area contributed by atoms with Crippen LogP contribution in [-0.4, -0.2) is 32.8 Å². The first kappa shape index (κ1) is 13.5. The second-order valence-corrected chi connectivity index (χ2v) is 5.52. The minimum Gasteiger partial charge on any atom is -0.392 e. The molecule has 18 heavy (non-hydrogen) atoms. The molecule has 0 unspecified atom stereocenters. The first-order valence-electron chi connectivity index (χ1n) is 6.73. The third-order valence-electron chi connectivity index (χ3n) is 3.57. The van der Waals surface area contributed by atoms with Crippen LogP contribution in [0, 0.1) is 0 Å². The average molecular weight is 266 g/mol. The molecule has 5 heteroatoms. The Morgan fingerprint density at radius 1 is 1.56 bits per heavy atom. The topological polar surface area (TPSA) is 47.1 Å². The van der Waals surface area contributed by atoms with E-state index in [2.05, 4.69) is 33.9 Å². The highest BCUT2D eigenvalue weighted by Gasteiger charge is 2.17. The molecule has 1 aromatic rings. The van der Waals surface area contributed by atoms with Crippen LogP contribution in [0.3, 0.4) is 0 Å². The van der Waals surface area contributed by atoms with E-state index in [0.717, 1.165) is 18.8 Å². The Morgan fingerprint density at radius 3 is 2.89 bits per heavy atom. The van der Waals surface area contributed by atoms with E-state index >= 15 is 0 Å². The van der Waals surface area contributed by atoms with Crippen LogP contribution in [0.5, 0.6) is 0 Å². The quantitative estimate of drug-likeness (QED) is 0.801. The summed E-state index contributed by atoms with van der Waals surface area (Å²) in [4.78, 5) is 2.76. The molecule has 4 nitrogen and oxygen atoms in total. The summed E-state index contributed by atoms with van der Waals surface area (Å²) < 4.78 is 2.14. The van der Waals surface area contributed by atoms with Gasteiger partial charge in [0.25, 0.3) is 0 Å². The molecule has 2 N–H and O–H groups in total. The van der Waals surface area contributed by atoms with Crippen LogP contribution >= 0.6 is 12.2 Å². The first-order chi connectivity index (χ1) is 8.69. The van der Waals surface area contributed by atoms with Gasteiger partial charge in [-0.1, -0.05) is 32.0 Å². The first-order valence-corrected chi connectivity index (χ1v) is 7.14. The third kappa shape index (κ3) is 3.53. The number of nitrogens with two attached hydrogens (primary N) is 1. The van der Waals surface area contributed by atoms with E-state index in [4.69, 9.17) is 18.0 Å². The zero-order valence-electron chi connectivity index (χ0n) is 11.0. The summed E-state index contributed by atoms with van der Waals surface area (Å²) >= 11 is 4.96. The predicted octanol–water partition coefficient (Wildman–Crippen LogP) is 2.11. The van der Waals surface area contributed by atoms with E-state index in [1.807, 2.05) is 0 Å². The zero-order chi connectivity index (χ0) is 13.0. The molecule has 1 fully saturated rings. The smallest absolute Gasteiger partial charge is 0.0870 e. The Kier molecular flexibility index (Phi) is 4.72. The van der Waals surface area contributed by atoms with E-state index in [-0.39, 0.29) is 0 Å². The van der Waals surface area contributed by atoms with Crippen LogP contribution in [0.15, 0.2) is 12.3 Å². The number of hydrogen-bond donors (Lipinski definition) is 1. The summed E-state index contributed by atoms with van der Waals surface area (Å²) in [5.74, 6) is 0. The average Bonchev–Trinajstić information content (AvgIpc) is 2.97. The molecule has 1 saturated carbocycles. The number of thiocarbonyl (C=S) groups is 1. The molecule has 0 radical (unpaired) electrons. The minimum atomic E-state index is 0.548. The highest BCUT2D eigenvalue weighted by atomic mass is 32.1. The lowest BCUT2D eigenvalue weighted by Crippen LogP contribution is -2.32. The van der Waals surface area contributed by atoms with Gasteiger partial charge in [-0.2, -0.15) is 5.10 Å². The fraction of sp³-hybridized carbons (Fsp3) is 0.692. The predicted molar refractivity (Wildman–Crippen MR) is 77.5 cm³/mol. The lowest BCUT2D eigenvalue weighted by molar-refractivity contribution is 0.314. The fourth-order valence-electron chi connectivity index (χ4n) is 2.56. The van der Waals surface area contributed by atoms with Gasteiger partial charge in [-0.15, -0.1) is 0 Å². The number of aromatic nitrogens is 2. The van der Waals surface area contributed by atoms with E-state index < -0.39 is 0 Å². The van der Waals surface area contributed by atoms with Gasteiger partial charge in [0.05, 0.1) is 16.7 Å². The van der Waals surface area contributed by atoms with Crippen molar-refractivity contribution in [1.82, 2.24) is 14.7 Å². The second kappa shape index (κ2) is 6.29. The molecular weight excluding hydrogens is 244 g/mol. The molecule has 0 saturated heterocycles. The van der Waals surface area contributed by atoms with Crippen molar-refractivity contribution in [3.8, 4) is 0 Å². The molecule has 1 aliphatic carbocycles. The van der Waals surface area contributed by atoms with Crippen LogP contribution in [0.4, 0.5) is 0 Å². The van der Waals surface area contributed by atoms with Gasteiger partial charge in [0.1, 0.15) is 0 Å². The minimum absolute atomic E-state index is 0.548. The Balaban J connectivity index is 1.94. The van der Waals surface area contributed by atoms with Crippen molar-refractivity contribution in [2.75, 3.05) is 13.1 Å². The van der Waals surface area contributed by atoms with Gasteiger partial charge in [-0.3, -0.25) is 9.58 Å². The number of hydrogen-bond acceptors (Lipinski definition) is 3.